The fraction of sp³-hybridized carbons (Fsp3) is 0.929. The molecule has 4 heteroatoms. The molecule has 0 aromatic carbocycles. The van der Waals surface area contributed by atoms with Gasteiger partial charge in [-0.1, -0.05) is 18.7 Å². The van der Waals surface area contributed by atoms with Crippen molar-refractivity contribution < 1.29 is 4.74 Å². The molecule has 1 saturated heterocycles. The Kier molecular flexibility index (Phi) is 4.23. The summed E-state index contributed by atoms with van der Waals surface area (Å²) < 4.78 is 6.10. The largest absolute Gasteiger partial charge is 0.460 e. The van der Waals surface area contributed by atoms with Crippen LogP contribution in [-0.4, -0.2) is 43.0 Å². The third-order valence-corrected chi connectivity index (χ3v) is 3.80. The minimum Gasteiger partial charge on any atom is -0.460 e. The molecule has 2 radical (unpaired) electrons. The monoisotopic (exact) mass is 248 g/mol. The maximum atomic E-state index is 6.12. The van der Waals surface area contributed by atoms with Gasteiger partial charge in [-0.25, -0.2) is 4.99 Å². The van der Waals surface area contributed by atoms with E-state index in [-0.39, 0.29) is 18.0 Å². The van der Waals surface area contributed by atoms with E-state index in [1.165, 1.54) is 12.8 Å². The highest BCUT2D eigenvalue weighted by atomic mass is 16.5. The second-order valence-corrected chi connectivity index (χ2v) is 6.16. The van der Waals surface area contributed by atoms with Crippen LogP contribution in [0.3, 0.4) is 0 Å². The van der Waals surface area contributed by atoms with Gasteiger partial charge in [-0.05, 0) is 40.5 Å². The predicted molar refractivity (Wildman–Crippen MR) is 76.2 cm³/mol. The van der Waals surface area contributed by atoms with E-state index in [2.05, 4.69) is 37.6 Å². The van der Waals surface area contributed by atoms with Crippen molar-refractivity contribution in [1.82, 2.24) is 4.90 Å². The van der Waals surface area contributed by atoms with Crippen LogP contribution in [0.2, 0.25) is 5.82 Å². The number of nitrogens with zero attached hydrogens (tertiary/aromatic N) is 2. The molecule has 0 aromatic heterocycles. The number of hydrogen-bond acceptors (Lipinski definition) is 2. The fourth-order valence-corrected chi connectivity index (χ4v) is 3.05. The van der Waals surface area contributed by atoms with E-state index in [9.17, 15) is 0 Å². The lowest BCUT2D eigenvalue weighted by Crippen LogP contribution is -2.41. The van der Waals surface area contributed by atoms with E-state index in [4.69, 9.17) is 12.6 Å². The number of hydrogen-bond donors (Lipinski definition) is 0. The third-order valence-electron chi connectivity index (χ3n) is 3.80. The van der Waals surface area contributed by atoms with Crippen LogP contribution in [-0.2, 0) is 4.74 Å². The summed E-state index contributed by atoms with van der Waals surface area (Å²) in [5.74, 6) is 0.285. The van der Waals surface area contributed by atoms with Crippen molar-refractivity contribution in [2.45, 2.75) is 83.4 Å². The Bertz CT molecular complexity index is 317. The van der Waals surface area contributed by atoms with Gasteiger partial charge >= 0.3 is 0 Å². The van der Waals surface area contributed by atoms with E-state index < -0.39 is 0 Å². The second kappa shape index (κ2) is 5.54. The number of amidine groups is 1. The van der Waals surface area contributed by atoms with Gasteiger partial charge in [0.25, 0.3) is 6.02 Å². The van der Waals surface area contributed by atoms with Crippen molar-refractivity contribution in [3.05, 3.63) is 0 Å². The van der Waals surface area contributed by atoms with Gasteiger partial charge in [0.1, 0.15) is 6.10 Å². The Morgan fingerprint density at radius 3 is 2.61 bits per heavy atom. The molecule has 18 heavy (non-hydrogen) atoms. The van der Waals surface area contributed by atoms with Crippen molar-refractivity contribution in [2.75, 3.05) is 0 Å². The molecule has 1 aliphatic heterocycles. The van der Waals surface area contributed by atoms with Crippen LogP contribution in [0, 0.1) is 0 Å². The van der Waals surface area contributed by atoms with E-state index in [1.54, 1.807) is 0 Å². The molecule has 3 unspecified atom stereocenters. The summed E-state index contributed by atoms with van der Waals surface area (Å²) in [5.41, 5.74) is 0. The maximum Gasteiger partial charge on any atom is 0.288 e. The molecule has 3 nitrogen and oxygen atoms in total. The molecular weight excluding hydrogens is 223 g/mol. The lowest BCUT2D eigenvalue weighted by Gasteiger charge is -2.28. The third kappa shape index (κ3) is 2.84. The molecule has 1 aliphatic carbocycles. The topological polar surface area (TPSA) is 24.8 Å². The number of ether oxygens (including phenoxy) is 1. The van der Waals surface area contributed by atoms with Gasteiger partial charge < -0.3 is 9.64 Å². The molecule has 0 aromatic rings. The lowest BCUT2D eigenvalue weighted by atomic mass is 9.80. The number of fused-ring (bicyclic) bond motifs is 1. The summed E-state index contributed by atoms with van der Waals surface area (Å²) in [4.78, 5) is 7.00. The highest BCUT2D eigenvalue weighted by Gasteiger charge is 2.42. The molecule has 0 N–H and O–H groups in total. The molecule has 100 valence electrons. The summed E-state index contributed by atoms with van der Waals surface area (Å²) in [5, 5.41) is 0. The van der Waals surface area contributed by atoms with Crippen molar-refractivity contribution in [3.8, 4) is 0 Å². The van der Waals surface area contributed by atoms with E-state index >= 15 is 0 Å². The zero-order valence-electron chi connectivity index (χ0n) is 12.1. The van der Waals surface area contributed by atoms with Crippen LogP contribution in [0.4, 0.5) is 0 Å². The van der Waals surface area contributed by atoms with Crippen LogP contribution < -0.4 is 0 Å². The first kappa shape index (κ1) is 13.8. The van der Waals surface area contributed by atoms with Crippen LogP contribution in [0.5, 0.6) is 0 Å². The van der Waals surface area contributed by atoms with Crippen LogP contribution in [0.15, 0.2) is 4.99 Å². The predicted octanol–water partition coefficient (Wildman–Crippen LogP) is 2.76. The minimum absolute atomic E-state index is 0.238. The van der Waals surface area contributed by atoms with E-state index in [0.29, 0.717) is 12.1 Å². The Balaban J connectivity index is 2.21. The van der Waals surface area contributed by atoms with Crippen molar-refractivity contribution in [1.29, 1.82) is 0 Å². The second-order valence-electron chi connectivity index (χ2n) is 6.16. The van der Waals surface area contributed by atoms with Gasteiger partial charge in [-0.3, -0.25) is 0 Å². The first-order valence-corrected chi connectivity index (χ1v) is 7.27. The quantitative estimate of drug-likeness (QED) is 0.702. The fourth-order valence-electron chi connectivity index (χ4n) is 3.05. The Morgan fingerprint density at radius 1 is 1.28 bits per heavy atom. The van der Waals surface area contributed by atoms with Crippen molar-refractivity contribution >= 4 is 13.9 Å². The molecule has 0 bridgehead atoms. The Hall–Kier alpha value is -0.665. The zero-order valence-corrected chi connectivity index (χ0v) is 12.1. The maximum absolute atomic E-state index is 6.12. The molecule has 2 fully saturated rings. The standard InChI is InChI=1S/C14H25BN2O/c1-9(2)16-14-17(10(3)4)12-7-5-6-11(15)8-13(12)18-14/h9-13H,5-8H2,1-4H3. The number of aliphatic imine (C=N–C) groups is 1. The smallest absolute Gasteiger partial charge is 0.288 e. The van der Waals surface area contributed by atoms with Crippen molar-refractivity contribution in [3.63, 3.8) is 0 Å². The molecular formula is C14H25BN2O. The van der Waals surface area contributed by atoms with Crippen molar-refractivity contribution in [2.24, 2.45) is 4.99 Å². The molecule has 0 spiro atoms. The van der Waals surface area contributed by atoms with Gasteiger partial charge in [0.15, 0.2) is 0 Å². The highest BCUT2D eigenvalue weighted by molar-refractivity contribution is 6.11. The van der Waals surface area contributed by atoms with E-state index in [0.717, 1.165) is 18.9 Å². The van der Waals surface area contributed by atoms with Gasteiger partial charge in [0.05, 0.1) is 13.9 Å². The first-order valence-electron chi connectivity index (χ1n) is 7.27. The highest BCUT2D eigenvalue weighted by Crippen LogP contribution is 2.35. The summed E-state index contributed by atoms with van der Waals surface area (Å²) in [6.07, 6.45) is 4.70. The van der Waals surface area contributed by atoms with Gasteiger partial charge in [0.2, 0.25) is 0 Å². The van der Waals surface area contributed by atoms with Crippen LogP contribution in [0.1, 0.15) is 53.4 Å². The summed E-state index contributed by atoms with van der Waals surface area (Å²) in [6, 6.07) is 2.02. The normalized spacial score (nSPS) is 34.9. The molecule has 2 rings (SSSR count). The van der Waals surface area contributed by atoms with E-state index in [1.807, 2.05) is 0 Å². The molecule has 0 amide bonds. The molecule has 3 atom stereocenters. The number of rotatable bonds is 2. The molecule has 2 aliphatic rings. The van der Waals surface area contributed by atoms with Crippen LogP contribution in [0.25, 0.3) is 0 Å². The van der Waals surface area contributed by atoms with Gasteiger partial charge in [-0.2, -0.15) is 0 Å². The SMILES string of the molecule is [B]C1CCCC2C(C1)OC(=NC(C)C)N2C(C)C. The van der Waals surface area contributed by atoms with Gasteiger partial charge in [0, 0.05) is 12.1 Å². The summed E-state index contributed by atoms with van der Waals surface area (Å²) in [6.45, 7) is 8.61. The lowest BCUT2D eigenvalue weighted by molar-refractivity contribution is 0.172. The van der Waals surface area contributed by atoms with Gasteiger partial charge in [-0.15, -0.1) is 0 Å². The Morgan fingerprint density at radius 2 is 2.00 bits per heavy atom. The van der Waals surface area contributed by atoms with Crippen LogP contribution >= 0.6 is 0 Å². The summed E-state index contributed by atoms with van der Waals surface area (Å²) in [7, 11) is 6.12. The molecule has 1 saturated carbocycles. The average Bonchev–Trinajstić information content (AvgIpc) is 2.45. The minimum atomic E-state index is 0.238. The Labute approximate surface area is 112 Å². The molecule has 1 heterocycles. The summed E-state index contributed by atoms with van der Waals surface area (Å²) >= 11 is 0. The zero-order chi connectivity index (χ0) is 13.3. The first-order chi connectivity index (χ1) is 8.49. The average molecular weight is 248 g/mol.